The molecule has 96 valence electrons. The number of aryl methyl sites for hydroxylation is 1. The van der Waals surface area contributed by atoms with Gasteiger partial charge in [0.15, 0.2) is 5.75 Å². The predicted octanol–water partition coefficient (Wildman–Crippen LogP) is 2.06. The standard InChI is InChI=1S/C13H23N3O/c1-2-3-4-7-16-10-13(9-15-16)17-11-12-5-6-14-8-12/h9-10,12,14H,2-8,11H2,1H3. The first-order chi connectivity index (χ1) is 8.38. The van der Waals surface area contributed by atoms with Crippen LogP contribution in [0.1, 0.15) is 32.6 Å². The molecular weight excluding hydrogens is 214 g/mol. The topological polar surface area (TPSA) is 39.1 Å². The highest BCUT2D eigenvalue weighted by Crippen LogP contribution is 2.13. The maximum Gasteiger partial charge on any atom is 0.157 e. The molecule has 1 aromatic rings. The number of nitrogens with zero attached hydrogens (tertiary/aromatic N) is 2. The first-order valence-corrected chi connectivity index (χ1v) is 6.74. The minimum absolute atomic E-state index is 0.665. The highest BCUT2D eigenvalue weighted by Gasteiger charge is 2.15. The van der Waals surface area contributed by atoms with Crippen LogP contribution in [0, 0.1) is 5.92 Å². The molecule has 0 radical (unpaired) electrons. The number of nitrogens with one attached hydrogen (secondary N) is 1. The fourth-order valence-corrected chi connectivity index (χ4v) is 2.14. The Morgan fingerprint density at radius 1 is 1.53 bits per heavy atom. The van der Waals surface area contributed by atoms with Gasteiger partial charge in [0, 0.05) is 19.0 Å². The first-order valence-electron chi connectivity index (χ1n) is 6.74. The van der Waals surface area contributed by atoms with E-state index < -0.39 is 0 Å². The third kappa shape index (κ3) is 4.04. The molecule has 1 N–H and O–H groups in total. The normalized spacial score (nSPS) is 19.7. The zero-order valence-corrected chi connectivity index (χ0v) is 10.7. The molecule has 1 unspecified atom stereocenters. The molecule has 1 aliphatic rings. The van der Waals surface area contributed by atoms with Gasteiger partial charge in [-0.3, -0.25) is 4.68 Å². The van der Waals surface area contributed by atoms with Crippen molar-refractivity contribution in [1.82, 2.24) is 15.1 Å². The van der Waals surface area contributed by atoms with Crippen molar-refractivity contribution in [3.8, 4) is 5.75 Å². The summed E-state index contributed by atoms with van der Waals surface area (Å²) in [5, 5.41) is 7.66. The Kier molecular flexibility index (Phi) is 4.86. The molecule has 1 aliphatic heterocycles. The van der Waals surface area contributed by atoms with Crippen molar-refractivity contribution < 1.29 is 4.74 Å². The number of aromatic nitrogens is 2. The maximum absolute atomic E-state index is 5.75. The summed E-state index contributed by atoms with van der Waals surface area (Å²) in [5.41, 5.74) is 0. The molecule has 0 amide bonds. The molecule has 2 rings (SSSR count). The van der Waals surface area contributed by atoms with Gasteiger partial charge >= 0.3 is 0 Å². The van der Waals surface area contributed by atoms with Crippen molar-refractivity contribution in [1.29, 1.82) is 0 Å². The summed E-state index contributed by atoms with van der Waals surface area (Å²) in [7, 11) is 0. The largest absolute Gasteiger partial charge is 0.490 e. The van der Waals surface area contributed by atoms with E-state index in [1.54, 1.807) is 0 Å². The molecule has 17 heavy (non-hydrogen) atoms. The smallest absolute Gasteiger partial charge is 0.157 e. The molecule has 0 aromatic carbocycles. The Labute approximate surface area is 103 Å². The average Bonchev–Trinajstić information content (AvgIpc) is 2.98. The van der Waals surface area contributed by atoms with Crippen LogP contribution in [0.2, 0.25) is 0 Å². The number of rotatable bonds is 7. The summed E-state index contributed by atoms with van der Waals surface area (Å²) in [6.07, 6.45) is 8.78. The Balaban J connectivity index is 1.69. The van der Waals surface area contributed by atoms with Crippen molar-refractivity contribution in [2.45, 2.75) is 39.2 Å². The SMILES string of the molecule is CCCCCn1cc(OCC2CCNC2)cn1. The molecule has 4 nitrogen and oxygen atoms in total. The van der Waals surface area contributed by atoms with Gasteiger partial charge < -0.3 is 10.1 Å². The number of ether oxygens (including phenoxy) is 1. The van der Waals surface area contributed by atoms with E-state index in [1.165, 1.54) is 25.7 Å². The second kappa shape index (κ2) is 6.64. The van der Waals surface area contributed by atoms with Gasteiger partial charge in [0.05, 0.1) is 19.0 Å². The second-order valence-corrected chi connectivity index (χ2v) is 4.82. The van der Waals surface area contributed by atoms with Crippen LogP contribution in [0.15, 0.2) is 12.4 Å². The minimum Gasteiger partial charge on any atom is -0.490 e. The van der Waals surface area contributed by atoms with Gasteiger partial charge in [0.2, 0.25) is 0 Å². The van der Waals surface area contributed by atoms with Gasteiger partial charge in [-0.05, 0) is 19.4 Å². The van der Waals surface area contributed by atoms with E-state index in [2.05, 4.69) is 17.3 Å². The van der Waals surface area contributed by atoms with Crippen LogP contribution in [0.5, 0.6) is 5.75 Å². The average molecular weight is 237 g/mol. The van der Waals surface area contributed by atoms with Gasteiger partial charge in [0.1, 0.15) is 0 Å². The van der Waals surface area contributed by atoms with Crippen LogP contribution >= 0.6 is 0 Å². The van der Waals surface area contributed by atoms with E-state index in [0.717, 1.165) is 32.0 Å². The summed E-state index contributed by atoms with van der Waals surface area (Å²) in [5.74, 6) is 1.58. The van der Waals surface area contributed by atoms with Gasteiger partial charge in [-0.15, -0.1) is 0 Å². The molecule has 2 heterocycles. The summed E-state index contributed by atoms with van der Waals surface area (Å²) < 4.78 is 7.74. The van der Waals surface area contributed by atoms with Crippen LogP contribution < -0.4 is 10.1 Å². The maximum atomic E-state index is 5.75. The molecule has 0 aliphatic carbocycles. The first kappa shape index (κ1) is 12.4. The molecule has 1 aromatic heterocycles. The summed E-state index contributed by atoms with van der Waals surface area (Å²) in [4.78, 5) is 0. The van der Waals surface area contributed by atoms with E-state index in [9.17, 15) is 0 Å². The van der Waals surface area contributed by atoms with E-state index >= 15 is 0 Å². The van der Waals surface area contributed by atoms with Crippen LogP contribution in [0.3, 0.4) is 0 Å². The van der Waals surface area contributed by atoms with Crippen LogP contribution in [0.4, 0.5) is 0 Å². The molecule has 0 bridgehead atoms. The molecule has 1 saturated heterocycles. The zero-order chi connectivity index (χ0) is 11.9. The molecule has 1 fully saturated rings. The van der Waals surface area contributed by atoms with E-state index in [0.29, 0.717) is 5.92 Å². The zero-order valence-electron chi connectivity index (χ0n) is 10.7. The van der Waals surface area contributed by atoms with Gasteiger partial charge in [-0.1, -0.05) is 19.8 Å². The predicted molar refractivity (Wildman–Crippen MR) is 68.2 cm³/mol. The third-order valence-corrected chi connectivity index (χ3v) is 3.25. The van der Waals surface area contributed by atoms with Crippen LogP contribution in [-0.2, 0) is 6.54 Å². The lowest BCUT2D eigenvalue weighted by molar-refractivity contribution is 0.259. The minimum atomic E-state index is 0.665. The lowest BCUT2D eigenvalue weighted by Gasteiger charge is -2.08. The van der Waals surface area contributed by atoms with E-state index in [4.69, 9.17) is 4.74 Å². The quantitative estimate of drug-likeness (QED) is 0.738. The second-order valence-electron chi connectivity index (χ2n) is 4.82. The highest BCUT2D eigenvalue weighted by atomic mass is 16.5. The molecule has 0 spiro atoms. The van der Waals surface area contributed by atoms with Crippen molar-refractivity contribution in [2.24, 2.45) is 5.92 Å². The monoisotopic (exact) mass is 237 g/mol. The molecule has 4 heteroatoms. The number of hydrogen-bond donors (Lipinski definition) is 1. The van der Waals surface area contributed by atoms with Crippen molar-refractivity contribution in [2.75, 3.05) is 19.7 Å². The molecule has 0 saturated carbocycles. The van der Waals surface area contributed by atoms with Gasteiger partial charge in [-0.2, -0.15) is 5.10 Å². The van der Waals surface area contributed by atoms with E-state index in [-0.39, 0.29) is 0 Å². The van der Waals surface area contributed by atoms with Gasteiger partial charge in [-0.25, -0.2) is 0 Å². The van der Waals surface area contributed by atoms with Crippen molar-refractivity contribution in [3.63, 3.8) is 0 Å². The lowest BCUT2D eigenvalue weighted by atomic mass is 10.1. The summed E-state index contributed by atoms with van der Waals surface area (Å²) in [6, 6.07) is 0. The third-order valence-electron chi connectivity index (χ3n) is 3.25. The molecular formula is C13H23N3O. The Hall–Kier alpha value is -1.03. The van der Waals surface area contributed by atoms with Gasteiger partial charge in [0.25, 0.3) is 0 Å². The Bertz CT molecular complexity index is 318. The fourth-order valence-electron chi connectivity index (χ4n) is 2.14. The van der Waals surface area contributed by atoms with Crippen LogP contribution in [0.25, 0.3) is 0 Å². The summed E-state index contributed by atoms with van der Waals surface area (Å²) in [6.45, 7) is 6.25. The lowest BCUT2D eigenvalue weighted by Crippen LogP contribution is -2.15. The fraction of sp³-hybridized carbons (Fsp3) is 0.769. The highest BCUT2D eigenvalue weighted by molar-refractivity contribution is 5.11. The Morgan fingerprint density at radius 2 is 2.47 bits per heavy atom. The van der Waals surface area contributed by atoms with Crippen molar-refractivity contribution in [3.05, 3.63) is 12.4 Å². The van der Waals surface area contributed by atoms with E-state index in [1.807, 2.05) is 17.1 Å². The number of hydrogen-bond acceptors (Lipinski definition) is 3. The number of unbranched alkanes of at least 4 members (excludes halogenated alkanes) is 2. The van der Waals surface area contributed by atoms with Crippen molar-refractivity contribution >= 4 is 0 Å². The summed E-state index contributed by atoms with van der Waals surface area (Å²) >= 11 is 0. The Morgan fingerprint density at radius 3 is 3.24 bits per heavy atom. The molecule has 1 atom stereocenters. The van der Waals surface area contributed by atoms with Crippen LogP contribution in [-0.4, -0.2) is 29.5 Å².